The first-order valence-corrected chi connectivity index (χ1v) is 4.96. The van der Waals surface area contributed by atoms with Gasteiger partial charge in [0.2, 0.25) is 0 Å². The van der Waals surface area contributed by atoms with Gasteiger partial charge in [-0.2, -0.15) is 0 Å². The maximum atomic E-state index is 11.6. The smallest absolute Gasteiger partial charge is 0.319 e. The average Bonchev–Trinajstić information content (AvgIpc) is 2.29. The van der Waals surface area contributed by atoms with Crippen LogP contribution in [-0.4, -0.2) is 19.4 Å². The van der Waals surface area contributed by atoms with E-state index in [1.165, 1.54) is 7.11 Å². The molecule has 0 aromatic carbocycles. The van der Waals surface area contributed by atoms with Crippen molar-refractivity contribution in [3.8, 4) is 0 Å². The molecule has 1 saturated carbocycles. The summed E-state index contributed by atoms with van der Waals surface area (Å²) in [5, 5.41) is 0. The van der Waals surface area contributed by atoms with Crippen LogP contribution in [0.2, 0.25) is 0 Å². The Balaban J connectivity index is 2.34. The van der Waals surface area contributed by atoms with E-state index in [2.05, 4.69) is 6.08 Å². The Morgan fingerprint density at radius 3 is 2.64 bits per heavy atom. The van der Waals surface area contributed by atoms with Gasteiger partial charge in [0.05, 0.1) is 7.11 Å². The molecule has 76 valence electrons. The number of allylic oxidation sites excluding steroid dienone is 2. The Hall–Kier alpha value is -1.12. The largest absolute Gasteiger partial charge is 0.468 e. The number of carbonyl (C=O) groups is 2. The number of fused-ring (bicyclic) bond motifs is 2. The van der Waals surface area contributed by atoms with E-state index in [1.807, 2.05) is 6.08 Å². The lowest BCUT2D eigenvalue weighted by atomic mass is 9.60. The predicted octanol–water partition coefficient (Wildman–Crippen LogP) is 1.33. The van der Waals surface area contributed by atoms with Crippen LogP contribution >= 0.6 is 0 Å². The lowest BCUT2D eigenvalue weighted by Crippen LogP contribution is -2.46. The number of methoxy groups -OCH3 is 1. The third-order valence-electron chi connectivity index (χ3n) is 3.50. The first-order valence-electron chi connectivity index (χ1n) is 4.96. The van der Waals surface area contributed by atoms with E-state index in [0.29, 0.717) is 12.3 Å². The molecular weight excluding hydrogens is 180 g/mol. The molecule has 0 heterocycles. The molecule has 3 nitrogen and oxygen atoms in total. The number of ether oxygens (including phenoxy) is 1. The highest BCUT2D eigenvalue weighted by atomic mass is 16.5. The molecule has 14 heavy (non-hydrogen) atoms. The minimum Gasteiger partial charge on any atom is -0.468 e. The maximum Gasteiger partial charge on any atom is 0.319 e. The molecule has 3 heteroatoms. The van der Waals surface area contributed by atoms with Crippen LogP contribution in [0.1, 0.15) is 19.3 Å². The number of rotatable bonds is 2. The molecule has 0 amide bonds. The molecule has 2 bridgehead atoms. The Kier molecular flexibility index (Phi) is 2.17. The highest BCUT2D eigenvalue weighted by molar-refractivity contribution is 5.94. The van der Waals surface area contributed by atoms with Crippen LogP contribution in [0.3, 0.4) is 0 Å². The van der Waals surface area contributed by atoms with Gasteiger partial charge in [-0.1, -0.05) is 12.2 Å². The van der Waals surface area contributed by atoms with Crippen LogP contribution in [0.4, 0.5) is 0 Å². The average molecular weight is 194 g/mol. The second-order valence-corrected chi connectivity index (χ2v) is 4.18. The van der Waals surface area contributed by atoms with Crippen molar-refractivity contribution < 1.29 is 14.3 Å². The molecule has 3 rings (SSSR count). The second-order valence-electron chi connectivity index (χ2n) is 4.18. The van der Waals surface area contributed by atoms with E-state index in [-0.39, 0.29) is 11.9 Å². The van der Waals surface area contributed by atoms with E-state index >= 15 is 0 Å². The highest BCUT2D eigenvalue weighted by Gasteiger charge is 2.51. The van der Waals surface area contributed by atoms with Gasteiger partial charge in [0.15, 0.2) is 0 Å². The normalized spacial score (nSPS) is 39.5. The molecular formula is C11H14O3. The lowest BCUT2D eigenvalue weighted by Gasteiger charge is -2.42. The molecule has 0 radical (unpaired) electrons. The molecule has 0 saturated heterocycles. The van der Waals surface area contributed by atoms with Gasteiger partial charge in [-0.3, -0.25) is 4.79 Å². The standard InChI is InChI=1S/C11H14O3/c1-14-10(13)11(7-12)6-8-2-4-9(11)5-3-8/h2,4,7-9H,3,5-6H2,1H3/t8-,9+,11-/m0/s1. The summed E-state index contributed by atoms with van der Waals surface area (Å²) in [6.45, 7) is 0. The van der Waals surface area contributed by atoms with Crippen LogP contribution < -0.4 is 0 Å². The third-order valence-corrected chi connectivity index (χ3v) is 3.50. The van der Waals surface area contributed by atoms with Crippen molar-refractivity contribution in [2.45, 2.75) is 19.3 Å². The summed E-state index contributed by atoms with van der Waals surface area (Å²) in [7, 11) is 1.35. The predicted molar refractivity (Wildman–Crippen MR) is 50.5 cm³/mol. The zero-order valence-corrected chi connectivity index (χ0v) is 8.23. The fourth-order valence-corrected chi connectivity index (χ4v) is 2.67. The van der Waals surface area contributed by atoms with Gasteiger partial charge in [0.25, 0.3) is 0 Å². The van der Waals surface area contributed by atoms with Crippen LogP contribution in [-0.2, 0) is 14.3 Å². The molecule has 0 aliphatic heterocycles. The molecule has 3 aliphatic rings. The Morgan fingerprint density at radius 2 is 2.29 bits per heavy atom. The number of esters is 1. The minimum atomic E-state index is -0.883. The fraction of sp³-hybridized carbons (Fsp3) is 0.636. The summed E-state index contributed by atoms with van der Waals surface area (Å²) in [6.07, 6.45) is 7.56. The topological polar surface area (TPSA) is 43.4 Å². The number of aldehydes is 1. The third kappa shape index (κ3) is 1.11. The molecule has 0 aromatic rings. The van der Waals surface area contributed by atoms with E-state index < -0.39 is 5.41 Å². The monoisotopic (exact) mass is 194 g/mol. The Morgan fingerprint density at radius 1 is 1.50 bits per heavy atom. The van der Waals surface area contributed by atoms with Gasteiger partial charge in [0, 0.05) is 0 Å². The van der Waals surface area contributed by atoms with Crippen molar-refractivity contribution in [2.75, 3.05) is 7.11 Å². The SMILES string of the molecule is COC(=O)[C@]1(C=O)C[C@H]2C=C[C@@H]1CC2. The van der Waals surface area contributed by atoms with E-state index in [4.69, 9.17) is 4.74 Å². The Bertz CT molecular complexity index is 295. The zero-order valence-electron chi connectivity index (χ0n) is 8.23. The van der Waals surface area contributed by atoms with Gasteiger partial charge in [0.1, 0.15) is 11.7 Å². The van der Waals surface area contributed by atoms with Crippen molar-refractivity contribution in [2.24, 2.45) is 17.3 Å². The Labute approximate surface area is 83.1 Å². The van der Waals surface area contributed by atoms with Gasteiger partial charge in [-0.05, 0) is 31.1 Å². The summed E-state index contributed by atoms with van der Waals surface area (Å²) < 4.78 is 4.73. The molecule has 3 aliphatic carbocycles. The number of carbonyl (C=O) groups excluding carboxylic acids is 2. The van der Waals surface area contributed by atoms with Crippen molar-refractivity contribution >= 4 is 12.3 Å². The van der Waals surface area contributed by atoms with E-state index in [9.17, 15) is 9.59 Å². The van der Waals surface area contributed by atoms with Crippen LogP contribution in [0.25, 0.3) is 0 Å². The quantitative estimate of drug-likeness (QED) is 0.288. The first kappa shape index (κ1) is 9.44. The van der Waals surface area contributed by atoms with E-state index in [1.54, 1.807) is 0 Å². The zero-order chi connectivity index (χ0) is 10.2. The summed E-state index contributed by atoms with van der Waals surface area (Å²) in [6, 6.07) is 0. The number of hydrogen-bond donors (Lipinski definition) is 0. The number of hydrogen-bond acceptors (Lipinski definition) is 3. The van der Waals surface area contributed by atoms with Gasteiger partial charge in [-0.15, -0.1) is 0 Å². The molecule has 3 atom stereocenters. The summed E-state index contributed by atoms with van der Waals surface area (Å²) in [4.78, 5) is 22.8. The van der Waals surface area contributed by atoms with Gasteiger partial charge >= 0.3 is 5.97 Å². The molecule has 0 unspecified atom stereocenters. The van der Waals surface area contributed by atoms with Crippen LogP contribution in [0, 0.1) is 17.3 Å². The second kappa shape index (κ2) is 3.23. The van der Waals surface area contributed by atoms with Crippen LogP contribution in [0.15, 0.2) is 12.2 Å². The minimum absolute atomic E-state index is 0.0532. The molecule has 0 aromatic heterocycles. The first-order chi connectivity index (χ1) is 6.73. The molecule has 0 N–H and O–H groups in total. The van der Waals surface area contributed by atoms with Crippen molar-refractivity contribution in [3.05, 3.63) is 12.2 Å². The van der Waals surface area contributed by atoms with Gasteiger partial charge in [-0.25, -0.2) is 0 Å². The molecule has 1 fully saturated rings. The summed E-state index contributed by atoms with van der Waals surface area (Å²) in [5.41, 5.74) is -0.883. The summed E-state index contributed by atoms with van der Waals surface area (Å²) >= 11 is 0. The van der Waals surface area contributed by atoms with Crippen molar-refractivity contribution in [3.63, 3.8) is 0 Å². The van der Waals surface area contributed by atoms with Crippen molar-refractivity contribution in [1.82, 2.24) is 0 Å². The molecule has 0 spiro atoms. The van der Waals surface area contributed by atoms with Crippen molar-refractivity contribution in [1.29, 1.82) is 0 Å². The highest BCUT2D eigenvalue weighted by Crippen LogP contribution is 2.48. The lowest BCUT2D eigenvalue weighted by molar-refractivity contribution is -0.160. The van der Waals surface area contributed by atoms with E-state index in [0.717, 1.165) is 19.1 Å². The fourth-order valence-electron chi connectivity index (χ4n) is 2.67. The van der Waals surface area contributed by atoms with Gasteiger partial charge < -0.3 is 9.53 Å². The maximum absolute atomic E-state index is 11.6. The van der Waals surface area contributed by atoms with Crippen LogP contribution in [0.5, 0.6) is 0 Å². The summed E-state index contributed by atoms with van der Waals surface area (Å²) in [5.74, 6) is 0.0632.